The molecule has 0 unspecified atom stereocenters. The maximum Gasteiger partial charge on any atom is 0.407 e. The van der Waals surface area contributed by atoms with Crippen LogP contribution >= 0.6 is 27.5 Å². The van der Waals surface area contributed by atoms with Crippen molar-refractivity contribution in [2.45, 2.75) is 24.3 Å². The molecule has 0 saturated carbocycles. The number of amides is 2. The van der Waals surface area contributed by atoms with Crippen molar-refractivity contribution in [1.29, 1.82) is 0 Å². The lowest BCUT2D eigenvalue weighted by Gasteiger charge is -2.40. The number of carbonyl (C=O) groups is 2. The van der Waals surface area contributed by atoms with Crippen LogP contribution in [-0.2, 0) is 14.3 Å². The predicted octanol–water partition coefficient (Wildman–Crippen LogP) is 3.59. The van der Waals surface area contributed by atoms with Crippen LogP contribution in [0.2, 0.25) is 5.02 Å². The molecule has 0 aromatic heterocycles. The fourth-order valence-corrected chi connectivity index (χ4v) is 4.96. The van der Waals surface area contributed by atoms with Gasteiger partial charge in [0.05, 0.1) is 28.1 Å². The number of halogens is 2. The number of aryl methyl sites for hydroxylation is 1. The van der Waals surface area contributed by atoms with Crippen LogP contribution in [0.15, 0.2) is 45.8 Å². The third kappa shape index (κ3) is 5.97. The number of nitrogens with two attached hydrogens (primary N) is 1. The number of nitrogens with zero attached hydrogens (tertiary/aromatic N) is 2. The van der Waals surface area contributed by atoms with Crippen LogP contribution in [0.5, 0.6) is 0 Å². The molecule has 1 atom stereocenters. The zero-order valence-electron chi connectivity index (χ0n) is 17.7. The van der Waals surface area contributed by atoms with Gasteiger partial charge in [-0.3, -0.25) is 8.98 Å². The van der Waals surface area contributed by atoms with Crippen LogP contribution in [0, 0.1) is 6.92 Å². The maximum atomic E-state index is 13.2. The number of hydrogen-bond acceptors (Lipinski definition) is 6. The van der Waals surface area contributed by atoms with Crippen molar-refractivity contribution in [3.63, 3.8) is 0 Å². The molecule has 3 N–H and O–H groups in total. The first-order valence-corrected chi connectivity index (χ1v) is 12.6. The first kappa shape index (κ1) is 25.3. The van der Waals surface area contributed by atoms with Gasteiger partial charge in [-0.2, -0.15) is 8.42 Å². The minimum atomic E-state index is -3.99. The molecule has 1 fully saturated rings. The predicted molar refractivity (Wildman–Crippen MR) is 127 cm³/mol. The van der Waals surface area contributed by atoms with E-state index in [2.05, 4.69) is 15.9 Å². The quantitative estimate of drug-likeness (QED) is 0.408. The fraction of sp³-hybridized carbons (Fsp3) is 0.333. The zero-order chi connectivity index (χ0) is 24.3. The summed E-state index contributed by atoms with van der Waals surface area (Å²) in [6, 6.07) is 8.59. The van der Waals surface area contributed by atoms with Gasteiger partial charge in [0.1, 0.15) is 0 Å². The Balaban J connectivity index is 1.77. The van der Waals surface area contributed by atoms with E-state index in [9.17, 15) is 23.1 Å². The summed E-state index contributed by atoms with van der Waals surface area (Å²) in [5.41, 5.74) is 7.32. The average molecular weight is 561 g/mol. The van der Waals surface area contributed by atoms with E-state index >= 15 is 0 Å². The summed E-state index contributed by atoms with van der Waals surface area (Å²) in [5.74, 6) is -0.418. The zero-order valence-corrected chi connectivity index (χ0v) is 20.9. The first-order chi connectivity index (χ1) is 15.5. The Labute approximate surface area is 205 Å². The van der Waals surface area contributed by atoms with E-state index in [1.807, 2.05) is 6.92 Å². The van der Waals surface area contributed by atoms with Gasteiger partial charge in [-0.1, -0.05) is 29.3 Å². The van der Waals surface area contributed by atoms with Crippen molar-refractivity contribution in [2.75, 3.05) is 32.0 Å². The Morgan fingerprint density at radius 1 is 1.24 bits per heavy atom. The minimum absolute atomic E-state index is 0.0131. The van der Waals surface area contributed by atoms with Crippen molar-refractivity contribution in [1.82, 2.24) is 9.80 Å². The molecule has 0 aliphatic carbocycles. The van der Waals surface area contributed by atoms with E-state index in [1.54, 1.807) is 12.1 Å². The van der Waals surface area contributed by atoms with Crippen molar-refractivity contribution < 1.29 is 27.3 Å². The molecule has 1 aliphatic heterocycles. The van der Waals surface area contributed by atoms with E-state index in [4.69, 9.17) is 21.5 Å². The van der Waals surface area contributed by atoms with Crippen molar-refractivity contribution in [3.05, 3.63) is 57.0 Å². The molecule has 3 rings (SSSR count). The number of benzene rings is 2. The van der Waals surface area contributed by atoms with Crippen LogP contribution in [-0.4, -0.2) is 67.6 Å². The van der Waals surface area contributed by atoms with E-state index in [1.165, 1.54) is 34.1 Å². The van der Waals surface area contributed by atoms with Gasteiger partial charge < -0.3 is 20.6 Å². The Morgan fingerprint density at radius 2 is 1.91 bits per heavy atom. The SMILES string of the molecule is Cc1ccc(S(=O)(=O)OCC[C@H]2CN(C(=O)O)CCN2C(=O)c2cc(Cl)c(Br)cc2N)cc1. The Kier molecular flexibility index (Phi) is 7.88. The lowest BCUT2D eigenvalue weighted by atomic mass is 10.1. The number of carbonyl (C=O) groups excluding carboxylic acids is 1. The maximum absolute atomic E-state index is 13.2. The van der Waals surface area contributed by atoms with Crippen LogP contribution < -0.4 is 5.73 Å². The molecule has 0 radical (unpaired) electrons. The van der Waals surface area contributed by atoms with Gasteiger partial charge in [0, 0.05) is 29.8 Å². The number of nitrogen functional groups attached to an aromatic ring is 1. The van der Waals surface area contributed by atoms with Gasteiger partial charge in [0.2, 0.25) is 0 Å². The molecule has 9 nitrogen and oxygen atoms in total. The molecule has 1 heterocycles. The Bertz CT molecular complexity index is 1160. The lowest BCUT2D eigenvalue weighted by Crippen LogP contribution is -2.56. The molecule has 2 aromatic rings. The molecule has 2 aromatic carbocycles. The molecule has 2 amide bonds. The number of anilines is 1. The van der Waals surface area contributed by atoms with Gasteiger partial charge in [0.25, 0.3) is 16.0 Å². The third-order valence-corrected chi connectivity index (χ3v) is 7.86. The highest BCUT2D eigenvalue weighted by Gasteiger charge is 2.34. The highest BCUT2D eigenvalue weighted by Crippen LogP contribution is 2.30. The Morgan fingerprint density at radius 3 is 2.55 bits per heavy atom. The molecule has 33 heavy (non-hydrogen) atoms. The Hall–Kier alpha value is -2.34. The molecular formula is C21H23BrClN3O6S. The summed E-state index contributed by atoms with van der Waals surface area (Å²) in [6.45, 7) is 1.86. The van der Waals surface area contributed by atoms with Crippen molar-refractivity contribution in [3.8, 4) is 0 Å². The summed E-state index contributed by atoms with van der Waals surface area (Å²) < 4.78 is 30.6. The smallest absolute Gasteiger partial charge is 0.407 e. The van der Waals surface area contributed by atoms with Gasteiger partial charge in [0.15, 0.2) is 0 Å². The topological polar surface area (TPSA) is 130 Å². The standard InChI is InChI=1S/C21H23BrClN3O6S/c1-13-2-4-15(5-3-13)33(30,31)32-9-6-14-12-25(21(28)29)7-8-26(14)20(27)16-10-18(23)17(22)11-19(16)24/h2-5,10-11,14H,6-9,12,24H2,1H3,(H,28,29)/t14-/m0/s1. The summed E-state index contributed by atoms with van der Waals surface area (Å²) in [6.07, 6.45) is -1.02. The second-order valence-corrected chi connectivity index (χ2v) is 10.5. The minimum Gasteiger partial charge on any atom is -0.465 e. The molecule has 0 bridgehead atoms. The summed E-state index contributed by atoms with van der Waals surface area (Å²) in [7, 11) is -3.99. The summed E-state index contributed by atoms with van der Waals surface area (Å²) >= 11 is 9.38. The average Bonchev–Trinajstić information content (AvgIpc) is 2.76. The molecular weight excluding hydrogens is 538 g/mol. The number of carboxylic acid groups (broad SMARTS) is 1. The van der Waals surface area contributed by atoms with Gasteiger partial charge in [-0.25, -0.2) is 4.79 Å². The van der Waals surface area contributed by atoms with Crippen LogP contribution in [0.1, 0.15) is 22.3 Å². The summed E-state index contributed by atoms with van der Waals surface area (Å²) in [4.78, 5) is 27.4. The monoisotopic (exact) mass is 559 g/mol. The largest absolute Gasteiger partial charge is 0.465 e. The highest BCUT2D eigenvalue weighted by molar-refractivity contribution is 9.10. The number of rotatable bonds is 6. The lowest BCUT2D eigenvalue weighted by molar-refractivity contribution is 0.0408. The van der Waals surface area contributed by atoms with E-state index in [0.29, 0.717) is 9.50 Å². The van der Waals surface area contributed by atoms with Gasteiger partial charge >= 0.3 is 6.09 Å². The second-order valence-electron chi connectivity index (χ2n) is 7.61. The van der Waals surface area contributed by atoms with Crippen LogP contribution in [0.25, 0.3) is 0 Å². The summed E-state index contributed by atoms with van der Waals surface area (Å²) in [5, 5.41) is 9.69. The van der Waals surface area contributed by atoms with Gasteiger partial charge in [-0.05, 0) is 53.5 Å². The highest BCUT2D eigenvalue weighted by atomic mass is 79.9. The second kappa shape index (κ2) is 10.3. The number of hydrogen-bond donors (Lipinski definition) is 2. The molecule has 12 heteroatoms. The van der Waals surface area contributed by atoms with E-state index in [0.717, 1.165) is 5.56 Å². The molecule has 1 saturated heterocycles. The normalized spacial score (nSPS) is 16.6. The van der Waals surface area contributed by atoms with E-state index < -0.39 is 28.2 Å². The van der Waals surface area contributed by atoms with Crippen molar-refractivity contribution in [2.24, 2.45) is 0 Å². The molecule has 178 valence electrons. The fourth-order valence-electron chi connectivity index (χ4n) is 3.51. The first-order valence-electron chi connectivity index (χ1n) is 9.99. The third-order valence-electron chi connectivity index (χ3n) is 5.34. The van der Waals surface area contributed by atoms with Crippen LogP contribution in [0.3, 0.4) is 0 Å². The molecule has 0 spiro atoms. The van der Waals surface area contributed by atoms with Crippen molar-refractivity contribution >= 4 is 55.3 Å². The number of piperazine rings is 1. The van der Waals surface area contributed by atoms with Crippen LogP contribution in [0.4, 0.5) is 10.5 Å². The van der Waals surface area contributed by atoms with Gasteiger partial charge in [-0.15, -0.1) is 0 Å². The van der Waals surface area contributed by atoms with E-state index in [-0.39, 0.29) is 48.8 Å². The molecule has 1 aliphatic rings.